The van der Waals surface area contributed by atoms with Crippen LogP contribution in [0.1, 0.15) is 6.42 Å². The van der Waals surface area contributed by atoms with Crippen LogP contribution in [0, 0.1) is 0 Å². The fourth-order valence-corrected chi connectivity index (χ4v) is 2.07. The summed E-state index contributed by atoms with van der Waals surface area (Å²) >= 11 is 0. The van der Waals surface area contributed by atoms with E-state index in [4.69, 9.17) is 5.73 Å². The molecule has 1 atom stereocenters. The summed E-state index contributed by atoms with van der Waals surface area (Å²) in [6.45, 7) is -0.205. The van der Waals surface area contributed by atoms with Gasteiger partial charge in [0.05, 0.1) is 6.42 Å². The van der Waals surface area contributed by atoms with Gasteiger partial charge in [0.2, 0.25) is 17.7 Å². The highest BCUT2D eigenvalue weighted by molar-refractivity contribution is 5.91. The van der Waals surface area contributed by atoms with Gasteiger partial charge in [0, 0.05) is 12.6 Å². The van der Waals surface area contributed by atoms with Crippen LogP contribution in [0.3, 0.4) is 0 Å². The summed E-state index contributed by atoms with van der Waals surface area (Å²) in [4.78, 5) is 34.9. The Morgan fingerprint density at radius 1 is 1.25 bits per heavy atom. The standard InChI is InChI=1S/C14H17N7O3/c1-16-14(24)10(7-11(15)22)17-12(23)8-21-13(18-19-20-21)9-5-3-2-4-6-9/h2-6,10H,7-8H2,1H3,(H2,15,22)(H,16,24)(H,17,23)/t10-/m0/s1. The summed E-state index contributed by atoms with van der Waals surface area (Å²) in [5.74, 6) is -1.31. The Kier molecular flexibility index (Phi) is 5.55. The van der Waals surface area contributed by atoms with Crippen molar-refractivity contribution in [3.05, 3.63) is 30.3 Å². The zero-order valence-electron chi connectivity index (χ0n) is 13.0. The third kappa shape index (κ3) is 4.35. The van der Waals surface area contributed by atoms with Crippen LogP contribution < -0.4 is 16.4 Å². The second-order valence-corrected chi connectivity index (χ2v) is 4.93. The number of tetrazole rings is 1. The van der Waals surface area contributed by atoms with Gasteiger partial charge in [-0.2, -0.15) is 0 Å². The van der Waals surface area contributed by atoms with Crippen molar-refractivity contribution in [1.29, 1.82) is 0 Å². The normalized spacial score (nSPS) is 11.5. The van der Waals surface area contributed by atoms with Gasteiger partial charge >= 0.3 is 0 Å². The number of nitrogens with zero attached hydrogens (tertiary/aromatic N) is 4. The van der Waals surface area contributed by atoms with Crippen LogP contribution in [0.4, 0.5) is 0 Å². The zero-order valence-corrected chi connectivity index (χ0v) is 13.0. The van der Waals surface area contributed by atoms with E-state index in [1.807, 2.05) is 18.2 Å². The number of carbonyl (C=O) groups is 3. The van der Waals surface area contributed by atoms with Gasteiger partial charge in [-0.15, -0.1) is 5.10 Å². The SMILES string of the molecule is CNC(=O)[C@H](CC(N)=O)NC(=O)Cn1nnnc1-c1ccccc1. The number of benzene rings is 1. The van der Waals surface area contributed by atoms with E-state index in [1.165, 1.54) is 11.7 Å². The number of nitrogens with two attached hydrogens (primary N) is 1. The lowest BCUT2D eigenvalue weighted by atomic mass is 10.2. The fourth-order valence-electron chi connectivity index (χ4n) is 2.07. The molecule has 2 aromatic rings. The molecule has 0 aliphatic heterocycles. The van der Waals surface area contributed by atoms with Crippen molar-refractivity contribution in [2.45, 2.75) is 19.0 Å². The predicted octanol–water partition coefficient (Wildman–Crippen LogP) is -1.55. The van der Waals surface area contributed by atoms with Gasteiger partial charge in [-0.3, -0.25) is 14.4 Å². The van der Waals surface area contributed by atoms with Crippen LogP contribution in [0.2, 0.25) is 0 Å². The first-order valence-corrected chi connectivity index (χ1v) is 7.12. The van der Waals surface area contributed by atoms with Crippen molar-refractivity contribution in [1.82, 2.24) is 30.8 Å². The van der Waals surface area contributed by atoms with Gasteiger partial charge in [-0.1, -0.05) is 30.3 Å². The topological polar surface area (TPSA) is 145 Å². The lowest BCUT2D eigenvalue weighted by Gasteiger charge is -2.15. The van der Waals surface area contributed by atoms with E-state index in [0.29, 0.717) is 5.82 Å². The van der Waals surface area contributed by atoms with E-state index < -0.39 is 23.8 Å². The molecular weight excluding hydrogens is 314 g/mol. The van der Waals surface area contributed by atoms with Gasteiger partial charge in [0.1, 0.15) is 12.6 Å². The third-order valence-corrected chi connectivity index (χ3v) is 3.16. The number of likely N-dealkylation sites (N-methyl/N-ethyl adjacent to an activating group) is 1. The van der Waals surface area contributed by atoms with Crippen molar-refractivity contribution < 1.29 is 14.4 Å². The van der Waals surface area contributed by atoms with E-state index in [0.717, 1.165) is 5.56 Å². The smallest absolute Gasteiger partial charge is 0.242 e. The molecule has 0 saturated heterocycles. The Balaban J connectivity index is 2.08. The van der Waals surface area contributed by atoms with E-state index in [9.17, 15) is 14.4 Å². The number of rotatable bonds is 7. The molecule has 1 aromatic carbocycles. The molecular formula is C14H17N7O3. The first-order valence-electron chi connectivity index (χ1n) is 7.12. The maximum atomic E-state index is 12.1. The molecule has 3 amide bonds. The average Bonchev–Trinajstić information content (AvgIpc) is 3.01. The van der Waals surface area contributed by atoms with Gasteiger partial charge in [0.25, 0.3) is 0 Å². The number of aromatic nitrogens is 4. The highest BCUT2D eigenvalue weighted by Crippen LogP contribution is 2.14. The van der Waals surface area contributed by atoms with Crippen LogP contribution in [-0.2, 0) is 20.9 Å². The molecule has 0 aliphatic rings. The largest absolute Gasteiger partial charge is 0.370 e. The van der Waals surface area contributed by atoms with Crippen LogP contribution in [0.25, 0.3) is 11.4 Å². The maximum Gasteiger partial charge on any atom is 0.242 e. The first kappa shape index (κ1) is 17.1. The van der Waals surface area contributed by atoms with Gasteiger partial charge in [-0.25, -0.2) is 4.68 Å². The van der Waals surface area contributed by atoms with Crippen molar-refractivity contribution in [3.63, 3.8) is 0 Å². The Hall–Kier alpha value is -3.30. The fraction of sp³-hybridized carbons (Fsp3) is 0.286. The Bertz CT molecular complexity index is 729. The second-order valence-electron chi connectivity index (χ2n) is 4.93. The van der Waals surface area contributed by atoms with Crippen LogP contribution in [0.15, 0.2) is 30.3 Å². The molecule has 4 N–H and O–H groups in total. The number of carbonyl (C=O) groups excluding carboxylic acids is 3. The Morgan fingerprint density at radius 2 is 1.96 bits per heavy atom. The quantitative estimate of drug-likeness (QED) is 0.560. The number of amides is 3. The summed E-state index contributed by atoms with van der Waals surface area (Å²) < 4.78 is 1.30. The first-order chi connectivity index (χ1) is 11.5. The number of primary amides is 1. The molecule has 10 heteroatoms. The number of hydrogen-bond donors (Lipinski definition) is 3. The minimum Gasteiger partial charge on any atom is -0.370 e. The molecule has 24 heavy (non-hydrogen) atoms. The van der Waals surface area contributed by atoms with Gasteiger partial charge < -0.3 is 16.4 Å². The summed E-state index contributed by atoms with van der Waals surface area (Å²) in [6.07, 6.45) is -0.299. The Labute approximate surface area is 137 Å². The van der Waals surface area contributed by atoms with Gasteiger partial charge in [0.15, 0.2) is 5.82 Å². The monoisotopic (exact) mass is 331 g/mol. The van der Waals surface area contributed by atoms with E-state index in [2.05, 4.69) is 26.2 Å². The molecule has 0 radical (unpaired) electrons. The van der Waals surface area contributed by atoms with E-state index >= 15 is 0 Å². The van der Waals surface area contributed by atoms with Crippen molar-refractivity contribution >= 4 is 17.7 Å². The van der Waals surface area contributed by atoms with E-state index in [-0.39, 0.29) is 13.0 Å². The zero-order chi connectivity index (χ0) is 17.5. The van der Waals surface area contributed by atoms with Crippen molar-refractivity contribution in [3.8, 4) is 11.4 Å². The molecule has 0 fully saturated rings. The van der Waals surface area contributed by atoms with E-state index in [1.54, 1.807) is 12.1 Å². The van der Waals surface area contributed by atoms with Crippen LogP contribution in [-0.4, -0.2) is 51.0 Å². The lowest BCUT2D eigenvalue weighted by Crippen LogP contribution is -2.48. The Morgan fingerprint density at radius 3 is 2.58 bits per heavy atom. The van der Waals surface area contributed by atoms with Crippen LogP contribution >= 0.6 is 0 Å². The third-order valence-electron chi connectivity index (χ3n) is 3.16. The molecule has 1 aromatic heterocycles. The summed E-state index contributed by atoms with van der Waals surface area (Å²) in [6, 6.07) is 8.06. The summed E-state index contributed by atoms with van der Waals surface area (Å²) in [5, 5.41) is 16.0. The van der Waals surface area contributed by atoms with Gasteiger partial charge in [-0.05, 0) is 10.4 Å². The molecule has 0 aliphatic carbocycles. The average molecular weight is 331 g/mol. The summed E-state index contributed by atoms with van der Waals surface area (Å²) in [7, 11) is 1.40. The molecule has 126 valence electrons. The lowest BCUT2D eigenvalue weighted by molar-refractivity contribution is -0.131. The highest BCUT2D eigenvalue weighted by atomic mass is 16.2. The molecule has 0 unspecified atom stereocenters. The molecule has 1 heterocycles. The minimum atomic E-state index is -1.04. The highest BCUT2D eigenvalue weighted by Gasteiger charge is 2.22. The van der Waals surface area contributed by atoms with Crippen LogP contribution in [0.5, 0.6) is 0 Å². The van der Waals surface area contributed by atoms with Crippen molar-refractivity contribution in [2.24, 2.45) is 5.73 Å². The molecule has 2 rings (SSSR count). The summed E-state index contributed by atoms with van der Waals surface area (Å²) in [5.41, 5.74) is 5.84. The number of hydrogen-bond acceptors (Lipinski definition) is 6. The van der Waals surface area contributed by atoms with Crippen molar-refractivity contribution in [2.75, 3.05) is 7.05 Å². The second kappa shape index (κ2) is 7.81. The molecule has 0 bridgehead atoms. The molecule has 0 saturated carbocycles. The predicted molar refractivity (Wildman–Crippen MR) is 83.1 cm³/mol. The molecule has 0 spiro atoms. The number of nitrogens with one attached hydrogen (secondary N) is 2. The minimum absolute atomic E-state index is 0.205. The molecule has 10 nitrogen and oxygen atoms in total. The maximum absolute atomic E-state index is 12.1.